The number of carboxylic acid groups (broad SMARTS) is 1. The first kappa shape index (κ1) is 7.78. The van der Waals surface area contributed by atoms with Gasteiger partial charge in [0, 0.05) is 6.07 Å². The summed E-state index contributed by atoms with van der Waals surface area (Å²) in [5, 5.41) is 12.1. The predicted octanol–water partition coefficient (Wildman–Crippen LogP) is 1.17. The van der Waals surface area contributed by atoms with E-state index in [0.717, 1.165) is 0 Å². The molecule has 1 rings (SSSR count). The molecule has 1 heterocycles. The van der Waals surface area contributed by atoms with Gasteiger partial charge in [0.15, 0.2) is 5.76 Å². The molecule has 0 aromatic carbocycles. The number of aliphatic carboxylic acids is 1. The summed E-state index contributed by atoms with van der Waals surface area (Å²) < 4.78 is 4.76. The molecular formula is C7H9NO3. The van der Waals surface area contributed by atoms with Crippen LogP contribution in [0.3, 0.4) is 0 Å². The Morgan fingerprint density at radius 2 is 2.45 bits per heavy atom. The van der Waals surface area contributed by atoms with Crippen LogP contribution in [0.5, 0.6) is 0 Å². The number of aryl methyl sites for hydroxylation is 1. The molecule has 0 spiro atoms. The van der Waals surface area contributed by atoms with E-state index in [1.54, 1.807) is 19.9 Å². The molecule has 0 saturated carbocycles. The van der Waals surface area contributed by atoms with Crippen molar-refractivity contribution in [3.8, 4) is 0 Å². The van der Waals surface area contributed by atoms with E-state index in [9.17, 15) is 4.79 Å². The Balaban J connectivity index is 2.84. The summed E-state index contributed by atoms with van der Waals surface area (Å²) in [5.41, 5.74) is 0.702. The third-order valence-electron chi connectivity index (χ3n) is 1.44. The van der Waals surface area contributed by atoms with Crippen LogP contribution >= 0.6 is 0 Å². The second-order valence-corrected chi connectivity index (χ2v) is 2.43. The minimum absolute atomic E-state index is 0.398. The van der Waals surface area contributed by atoms with Gasteiger partial charge in [-0.1, -0.05) is 5.16 Å². The molecule has 0 radical (unpaired) electrons. The lowest BCUT2D eigenvalue weighted by atomic mass is 10.1. The van der Waals surface area contributed by atoms with Crippen molar-refractivity contribution in [2.24, 2.45) is 0 Å². The minimum atomic E-state index is -0.902. The van der Waals surface area contributed by atoms with Crippen molar-refractivity contribution < 1.29 is 14.4 Å². The second kappa shape index (κ2) is 2.74. The summed E-state index contributed by atoms with van der Waals surface area (Å²) in [5.74, 6) is -1.12. The Morgan fingerprint density at radius 1 is 1.82 bits per heavy atom. The summed E-state index contributed by atoms with van der Waals surface area (Å²) in [6, 6.07) is 1.62. The van der Waals surface area contributed by atoms with Crippen LogP contribution in [0.25, 0.3) is 0 Å². The van der Waals surface area contributed by atoms with E-state index in [1.165, 1.54) is 0 Å². The normalized spacial score (nSPS) is 12.9. The topological polar surface area (TPSA) is 63.3 Å². The summed E-state index contributed by atoms with van der Waals surface area (Å²) >= 11 is 0. The maximum Gasteiger partial charge on any atom is 0.314 e. The molecule has 0 bridgehead atoms. The number of aromatic nitrogens is 1. The summed E-state index contributed by atoms with van der Waals surface area (Å²) in [4.78, 5) is 10.4. The summed E-state index contributed by atoms with van der Waals surface area (Å²) in [6.07, 6.45) is 0. The number of carboxylic acids is 1. The average Bonchev–Trinajstić information content (AvgIpc) is 2.34. The number of nitrogens with zero attached hydrogens (tertiary/aromatic N) is 1. The SMILES string of the molecule is Cc1cc(C(C)C(=O)O)on1. The minimum Gasteiger partial charge on any atom is -0.481 e. The fraction of sp³-hybridized carbons (Fsp3) is 0.429. The first-order valence-electron chi connectivity index (χ1n) is 3.27. The molecule has 1 unspecified atom stereocenters. The van der Waals surface area contributed by atoms with Crippen molar-refractivity contribution in [1.82, 2.24) is 5.16 Å². The third-order valence-corrected chi connectivity index (χ3v) is 1.44. The van der Waals surface area contributed by atoms with Crippen LogP contribution in [0, 0.1) is 6.92 Å². The molecule has 1 N–H and O–H groups in total. The van der Waals surface area contributed by atoms with Crippen LogP contribution in [-0.4, -0.2) is 16.2 Å². The van der Waals surface area contributed by atoms with Crippen LogP contribution in [0.15, 0.2) is 10.6 Å². The first-order valence-corrected chi connectivity index (χ1v) is 3.27. The van der Waals surface area contributed by atoms with Crippen molar-refractivity contribution in [3.63, 3.8) is 0 Å². The molecule has 1 aromatic heterocycles. The Bertz CT molecular complexity index is 266. The standard InChI is InChI=1S/C7H9NO3/c1-4-3-6(11-8-4)5(2)7(9)10/h3,5H,1-2H3,(H,9,10). The lowest BCUT2D eigenvalue weighted by Gasteiger charge is -1.97. The number of hydrogen-bond donors (Lipinski definition) is 1. The Morgan fingerprint density at radius 3 is 2.82 bits per heavy atom. The maximum absolute atomic E-state index is 10.4. The molecular weight excluding hydrogens is 146 g/mol. The van der Waals surface area contributed by atoms with Crippen molar-refractivity contribution in [2.75, 3.05) is 0 Å². The van der Waals surface area contributed by atoms with Crippen LogP contribution in [0.2, 0.25) is 0 Å². The number of rotatable bonds is 2. The van der Waals surface area contributed by atoms with Crippen LogP contribution in [-0.2, 0) is 4.79 Å². The maximum atomic E-state index is 10.4. The molecule has 0 saturated heterocycles. The van der Waals surface area contributed by atoms with Gasteiger partial charge in [-0.05, 0) is 13.8 Å². The van der Waals surface area contributed by atoms with Gasteiger partial charge in [0.25, 0.3) is 0 Å². The van der Waals surface area contributed by atoms with Crippen molar-refractivity contribution >= 4 is 5.97 Å². The van der Waals surface area contributed by atoms with Gasteiger partial charge in [-0.3, -0.25) is 4.79 Å². The average molecular weight is 155 g/mol. The first-order chi connectivity index (χ1) is 5.11. The zero-order chi connectivity index (χ0) is 8.43. The lowest BCUT2D eigenvalue weighted by molar-refractivity contribution is -0.138. The highest BCUT2D eigenvalue weighted by atomic mass is 16.5. The summed E-state index contributed by atoms with van der Waals surface area (Å²) in [7, 11) is 0. The van der Waals surface area contributed by atoms with Gasteiger partial charge in [-0.25, -0.2) is 0 Å². The van der Waals surface area contributed by atoms with E-state index in [4.69, 9.17) is 9.63 Å². The fourth-order valence-electron chi connectivity index (χ4n) is 0.709. The quantitative estimate of drug-likeness (QED) is 0.696. The number of carbonyl (C=O) groups is 1. The molecule has 0 amide bonds. The highest BCUT2D eigenvalue weighted by Gasteiger charge is 2.17. The van der Waals surface area contributed by atoms with E-state index >= 15 is 0 Å². The largest absolute Gasteiger partial charge is 0.481 e. The van der Waals surface area contributed by atoms with Crippen molar-refractivity contribution in [2.45, 2.75) is 19.8 Å². The van der Waals surface area contributed by atoms with Gasteiger partial charge in [0.2, 0.25) is 0 Å². The molecule has 0 fully saturated rings. The van der Waals surface area contributed by atoms with Crippen molar-refractivity contribution in [1.29, 1.82) is 0 Å². The molecule has 4 nitrogen and oxygen atoms in total. The zero-order valence-electron chi connectivity index (χ0n) is 6.37. The molecule has 0 aliphatic carbocycles. The van der Waals surface area contributed by atoms with E-state index in [1.807, 2.05) is 0 Å². The molecule has 60 valence electrons. The molecule has 1 aromatic rings. The van der Waals surface area contributed by atoms with Gasteiger partial charge >= 0.3 is 5.97 Å². The fourth-order valence-corrected chi connectivity index (χ4v) is 0.709. The Labute approximate surface area is 63.8 Å². The van der Waals surface area contributed by atoms with E-state index in [-0.39, 0.29) is 0 Å². The molecule has 0 aliphatic heterocycles. The molecule has 1 atom stereocenters. The molecule has 11 heavy (non-hydrogen) atoms. The Hall–Kier alpha value is -1.32. The van der Waals surface area contributed by atoms with E-state index < -0.39 is 11.9 Å². The number of hydrogen-bond acceptors (Lipinski definition) is 3. The van der Waals surface area contributed by atoms with Crippen LogP contribution in [0.1, 0.15) is 24.3 Å². The third kappa shape index (κ3) is 1.58. The highest BCUT2D eigenvalue weighted by Crippen LogP contribution is 2.15. The van der Waals surface area contributed by atoms with Crippen LogP contribution in [0.4, 0.5) is 0 Å². The highest BCUT2D eigenvalue weighted by molar-refractivity contribution is 5.74. The van der Waals surface area contributed by atoms with E-state index in [0.29, 0.717) is 11.5 Å². The smallest absolute Gasteiger partial charge is 0.314 e. The molecule has 4 heteroatoms. The van der Waals surface area contributed by atoms with Gasteiger partial charge in [-0.15, -0.1) is 0 Å². The van der Waals surface area contributed by atoms with Gasteiger partial charge < -0.3 is 9.63 Å². The Kier molecular flexibility index (Phi) is 1.94. The van der Waals surface area contributed by atoms with Gasteiger partial charge in [0.1, 0.15) is 5.92 Å². The van der Waals surface area contributed by atoms with Crippen LogP contribution < -0.4 is 0 Å². The van der Waals surface area contributed by atoms with Crippen molar-refractivity contribution in [3.05, 3.63) is 17.5 Å². The monoisotopic (exact) mass is 155 g/mol. The predicted molar refractivity (Wildman–Crippen MR) is 37.3 cm³/mol. The molecule has 0 aliphatic rings. The second-order valence-electron chi connectivity index (χ2n) is 2.43. The van der Waals surface area contributed by atoms with Gasteiger partial charge in [0.05, 0.1) is 5.69 Å². The van der Waals surface area contributed by atoms with E-state index in [2.05, 4.69) is 5.16 Å². The van der Waals surface area contributed by atoms with Gasteiger partial charge in [-0.2, -0.15) is 0 Å². The zero-order valence-corrected chi connectivity index (χ0v) is 6.37. The summed E-state index contributed by atoms with van der Waals surface area (Å²) in [6.45, 7) is 3.31. The lowest BCUT2D eigenvalue weighted by Crippen LogP contribution is -2.05.